The van der Waals surface area contributed by atoms with Crippen LogP contribution in [0, 0.1) is 5.82 Å². The summed E-state index contributed by atoms with van der Waals surface area (Å²) in [6, 6.07) is 0. The summed E-state index contributed by atoms with van der Waals surface area (Å²) < 4.78 is 13.7. The summed E-state index contributed by atoms with van der Waals surface area (Å²) >= 11 is 2.93. The molecule has 0 unspecified atom stereocenters. The van der Waals surface area contributed by atoms with E-state index in [4.69, 9.17) is 5.11 Å². The SMILES string of the molecule is CN(C)c1ncc(Br)c(C(=O)O)c1F. The first kappa shape index (κ1) is 10.9. The molecule has 0 aliphatic rings. The van der Waals surface area contributed by atoms with Crippen LogP contribution in [0.1, 0.15) is 10.4 Å². The first-order chi connectivity index (χ1) is 6.45. The van der Waals surface area contributed by atoms with Crippen molar-refractivity contribution in [2.75, 3.05) is 19.0 Å². The molecule has 0 radical (unpaired) electrons. The second kappa shape index (κ2) is 3.91. The number of aromatic nitrogens is 1. The smallest absolute Gasteiger partial charge is 0.340 e. The molecule has 6 heteroatoms. The van der Waals surface area contributed by atoms with Crippen molar-refractivity contribution in [2.24, 2.45) is 0 Å². The Bertz CT molecular complexity index is 382. The van der Waals surface area contributed by atoms with Gasteiger partial charge < -0.3 is 10.0 Å². The third kappa shape index (κ3) is 1.84. The van der Waals surface area contributed by atoms with Crippen LogP contribution in [0.25, 0.3) is 0 Å². The minimum Gasteiger partial charge on any atom is -0.478 e. The van der Waals surface area contributed by atoms with Gasteiger partial charge in [-0.3, -0.25) is 0 Å². The fourth-order valence-corrected chi connectivity index (χ4v) is 1.41. The highest BCUT2D eigenvalue weighted by atomic mass is 79.9. The number of pyridine rings is 1. The highest BCUT2D eigenvalue weighted by Crippen LogP contribution is 2.24. The lowest BCUT2D eigenvalue weighted by molar-refractivity contribution is 0.0690. The first-order valence-electron chi connectivity index (χ1n) is 3.69. The summed E-state index contributed by atoms with van der Waals surface area (Å²) in [6.07, 6.45) is 1.27. The van der Waals surface area contributed by atoms with Crippen molar-refractivity contribution in [3.8, 4) is 0 Å². The number of nitrogens with zero attached hydrogens (tertiary/aromatic N) is 2. The molecule has 14 heavy (non-hydrogen) atoms. The zero-order chi connectivity index (χ0) is 10.9. The fraction of sp³-hybridized carbons (Fsp3) is 0.250. The van der Waals surface area contributed by atoms with Gasteiger partial charge in [-0.1, -0.05) is 0 Å². The van der Waals surface area contributed by atoms with Crippen LogP contribution in [0.5, 0.6) is 0 Å². The van der Waals surface area contributed by atoms with E-state index in [0.717, 1.165) is 0 Å². The topological polar surface area (TPSA) is 53.4 Å². The van der Waals surface area contributed by atoms with Gasteiger partial charge in [0.15, 0.2) is 11.6 Å². The van der Waals surface area contributed by atoms with Crippen molar-refractivity contribution in [1.29, 1.82) is 0 Å². The van der Waals surface area contributed by atoms with Crippen LogP contribution in [-0.2, 0) is 0 Å². The molecule has 0 bridgehead atoms. The number of carboxylic acids is 1. The van der Waals surface area contributed by atoms with Crippen LogP contribution < -0.4 is 4.90 Å². The standard InChI is InChI=1S/C8H8BrFN2O2/c1-12(2)7-6(10)5(8(13)14)4(9)3-11-7/h3H,1-2H3,(H,13,14). The monoisotopic (exact) mass is 262 g/mol. The van der Waals surface area contributed by atoms with Gasteiger partial charge in [-0.25, -0.2) is 14.2 Å². The number of hydrogen-bond acceptors (Lipinski definition) is 3. The Morgan fingerprint density at radius 1 is 1.64 bits per heavy atom. The van der Waals surface area contributed by atoms with E-state index in [1.165, 1.54) is 11.1 Å². The van der Waals surface area contributed by atoms with Gasteiger partial charge in [-0.05, 0) is 15.9 Å². The largest absolute Gasteiger partial charge is 0.478 e. The summed E-state index contributed by atoms with van der Waals surface area (Å²) in [6.45, 7) is 0. The molecule has 0 saturated heterocycles. The van der Waals surface area contributed by atoms with Crippen LogP contribution in [0.4, 0.5) is 10.2 Å². The van der Waals surface area contributed by atoms with Gasteiger partial charge in [0.05, 0.1) is 4.47 Å². The maximum absolute atomic E-state index is 13.5. The normalized spacial score (nSPS) is 10.0. The number of carboxylic acid groups (broad SMARTS) is 1. The van der Waals surface area contributed by atoms with Crippen molar-refractivity contribution < 1.29 is 14.3 Å². The molecule has 1 rings (SSSR count). The van der Waals surface area contributed by atoms with Gasteiger partial charge in [0, 0.05) is 20.3 Å². The molecule has 0 fully saturated rings. The van der Waals surface area contributed by atoms with Gasteiger partial charge in [-0.15, -0.1) is 0 Å². The van der Waals surface area contributed by atoms with E-state index in [0.29, 0.717) is 0 Å². The van der Waals surface area contributed by atoms with Crippen LogP contribution in [-0.4, -0.2) is 30.2 Å². The van der Waals surface area contributed by atoms with E-state index in [2.05, 4.69) is 20.9 Å². The van der Waals surface area contributed by atoms with Gasteiger partial charge in [0.2, 0.25) is 0 Å². The molecule has 4 nitrogen and oxygen atoms in total. The number of rotatable bonds is 2. The molecule has 0 atom stereocenters. The molecule has 0 spiro atoms. The lowest BCUT2D eigenvalue weighted by Gasteiger charge is -2.13. The Morgan fingerprint density at radius 2 is 2.21 bits per heavy atom. The Hall–Kier alpha value is -1.17. The molecule has 1 heterocycles. The average molecular weight is 263 g/mol. The summed E-state index contributed by atoms with van der Waals surface area (Å²) in [5.41, 5.74) is -0.399. The molecular formula is C8H8BrFN2O2. The zero-order valence-corrected chi connectivity index (χ0v) is 9.17. The van der Waals surface area contributed by atoms with Crippen LogP contribution in [0.2, 0.25) is 0 Å². The van der Waals surface area contributed by atoms with Gasteiger partial charge >= 0.3 is 5.97 Å². The molecule has 0 aliphatic carbocycles. The molecule has 76 valence electrons. The molecule has 1 aromatic rings. The summed E-state index contributed by atoms with van der Waals surface area (Å²) in [5.74, 6) is -2.15. The quantitative estimate of drug-likeness (QED) is 0.883. The molecule has 1 aromatic heterocycles. The molecule has 0 aromatic carbocycles. The number of anilines is 1. The molecular weight excluding hydrogens is 255 g/mol. The van der Waals surface area contributed by atoms with Crippen molar-refractivity contribution in [1.82, 2.24) is 4.98 Å². The Kier molecular flexibility index (Phi) is 3.05. The zero-order valence-electron chi connectivity index (χ0n) is 7.58. The predicted molar refractivity (Wildman–Crippen MR) is 53.2 cm³/mol. The third-order valence-corrected chi connectivity index (χ3v) is 2.19. The van der Waals surface area contributed by atoms with Crippen molar-refractivity contribution in [3.63, 3.8) is 0 Å². The van der Waals surface area contributed by atoms with Gasteiger partial charge in [0.25, 0.3) is 0 Å². The second-order valence-corrected chi connectivity index (χ2v) is 3.67. The minimum absolute atomic E-state index is 0.00519. The Morgan fingerprint density at radius 3 is 2.64 bits per heavy atom. The van der Waals surface area contributed by atoms with Crippen LogP contribution in [0.15, 0.2) is 10.7 Å². The number of hydrogen-bond donors (Lipinski definition) is 1. The molecule has 1 N–H and O–H groups in total. The minimum atomic E-state index is -1.32. The maximum atomic E-state index is 13.5. The van der Waals surface area contributed by atoms with Crippen molar-refractivity contribution >= 4 is 27.7 Å². The first-order valence-corrected chi connectivity index (χ1v) is 4.49. The summed E-state index contributed by atoms with van der Waals surface area (Å²) in [4.78, 5) is 15.9. The van der Waals surface area contributed by atoms with E-state index in [1.807, 2.05) is 0 Å². The van der Waals surface area contributed by atoms with E-state index in [-0.39, 0.29) is 10.3 Å². The lowest BCUT2D eigenvalue weighted by Crippen LogP contribution is -2.15. The highest BCUT2D eigenvalue weighted by molar-refractivity contribution is 9.10. The maximum Gasteiger partial charge on any atom is 0.340 e. The number of aromatic carboxylic acids is 1. The molecule has 0 aliphatic heterocycles. The van der Waals surface area contributed by atoms with E-state index >= 15 is 0 Å². The Balaban J connectivity index is 3.41. The molecule has 0 amide bonds. The molecule has 0 saturated carbocycles. The Labute approximate surface area is 88.5 Å². The van der Waals surface area contributed by atoms with E-state index < -0.39 is 17.3 Å². The van der Waals surface area contributed by atoms with Gasteiger partial charge in [-0.2, -0.15) is 0 Å². The van der Waals surface area contributed by atoms with Crippen LogP contribution in [0.3, 0.4) is 0 Å². The summed E-state index contributed by atoms with van der Waals surface area (Å²) in [7, 11) is 3.18. The number of halogens is 2. The van der Waals surface area contributed by atoms with Crippen LogP contribution >= 0.6 is 15.9 Å². The second-order valence-electron chi connectivity index (χ2n) is 2.82. The van der Waals surface area contributed by atoms with Crippen molar-refractivity contribution in [3.05, 3.63) is 22.1 Å². The van der Waals surface area contributed by atoms with Gasteiger partial charge in [0.1, 0.15) is 5.56 Å². The van der Waals surface area contributed by atoms with Crippen molar-refractivity contribution in [2.45, 2.75) is 0 Å². The lowest BCUT2D eigenvalue weighted by atomic mass is 10.2. The third-order valence-electron chi connectivity index (χ3n) is 1.59. The van der Waals surface area contributed by atoms with E-state index in [9.17, 15) is 9.18 Å². The van der Waals surface area contributed by atoms with E-state index in [1.54, 1.807) is 14.1 Å². The highest BCUT2D eigenvalue weighted by Gasteiger charge is 2.20. The average Bonchev–Trinajstić information content (AvgIpc) is 2.02. The summed E-state index contributed by atoms with van der Waals surface area (Å²) in [5, 5.41) is 8.74. The number of carbonyl (C=O) groups is 1. The fourth-order valence-electron chi connectivity index (χ4n) is 0.964. The predicted octanol–water partition coefficient (Wildman–Crippen LogP) is 1.75.